The van der Waals surface area contributed by atoms with Gasteiger partial charge in [-0.2, -0.15) is 0 Å². The molecule has 1 aliphatic rings. The number of rotatable bonds is 4. The second-order valence-electron chi connectivity index (χ2n) is 12.4. The topological polar surface area (TPSA) is 16.4 Å². The van der Waals surface area contributed by atoms with E-state index in [1.165, 1.54) is 44.2 Å². The van der Waals surface area contributed by atoms with Gasteiger partial charge in [0.25, 0.3) is 0 Å². The summed E-state index contributed by atoms with van der Waals surface area (Å²) in [4.78, 5) is 2.34. The van der Waals surface area contributed by atoms with Gasteiger partial charge < -0.3 is 9.32 Å². The maximum atomic E-state index is 6.56. The van der Waals surface area contributed by atoms with E-state index in [9.17, 15) is 0 Å². The van der Waals surface area contributed by atoms with Gasteiger partial charge in [-0.15, -0.1) is 0 Å². The fourth-order valence-corrected chi connectivity index (χ4v) is 7.25. The summed E-state index contributed by atoms with van der Waals surface area (Å²) in [5.74, 6) is 0. The van der Waals surface area contributed by atoms with E-state index < -0.39 is 0 Å². The number of aryl methyl sites for hydroxylation is 2. The molecular weight excluding hydrogens is 522 g/mol. The smallest absolute Gasteiger partial charge is 0.136 e. The lowest BCUT2D eigenvalue weighted by Gasteiger charge is -2.26. The molecule has 43 heavy (non-hydrogen) atoms. The average molecular weight is 556 g/mol. The predicted octanol–water partition coefficient (Wildman–Crippen LogP) is 11.6. The summed E-state index contributed by atoms with van der Waals surface area (Å²) in [5.41, 5.74) is 15.4. The lowest BCUT2D eigenvalue weighted by atomic mass is 9.80. The Labute approximate surface area is 252 Å². The Hall–Kier alpha value is -5.08. The van der Waals surface area contributed by atoms with Crippen LogP contribution in [0.4, 0.5) is 17.1 Å². The number of nitrogens with zero attached hydrogens (tertiary/aromatic N) is 1. The quantitative estimate of drug-likeness (QED) is 0.215. The normalized spacial score (nSPS) is 13.3. The third-order valence-corrected chi connectivity index (χ3v) is 9.07. The van der Waals surface area contributed by atoms with Crippen molar-refractivity contribution in [1.29, 1.82) is 0 Å². The minimum absolute atomic E-state index is 0.0930. The van der Waals surface area contributed by atoms with Crippen molar-refractivity contribution in [2.75, 3.05) is 4.90 Å². The van der Waals surface area contributed by atoms with Gasteiger partial charge >= 0.3 is 0 Å². The lowest BCUT2D eigenvalue weighted by Crippen LogP contribution is -2.15. The highest BCUT2D eigenvalue weighted by atomic mass is 16.3. The van der Waals surface area contributed by atoms with E-state index in [-0.39, 0.29) is 5.41 Å². The van der Waals surface area contributed by atoms with E-state index >= 15 is 0 Å². The monoisotopic (exact) mass is 555 g/mol. The van der Waals surface area contributed by atoms with Crippen LogP contribution in [-0.2, 0) is 5.41 Å². The number of benzene rings is 6. The predicted molar refractivity (Wildman–Crippen MR) is 181 cm³/mol. The highest BCUT2D eigenvalue weighted by Gasteiger charge is 2.37. The van der Waals surface area contributed by atoms with Gasteiger partial charge in [-0.05, 0) is 113 Å². The first-order valence-corrected chi connectivity index (χ1v) is 15.0. The summed E-state index contributed by atoms with van der Waals surface area (Å²) < 4.78 is 6.56. The molecule has 6 aromatic carbocycles. The molecule has 208 valence electrons. The Balaban J connectivity index is 1.26. The third-order valence-electron chi connectivity index (χ3n) is 9.07. The molecule has 0 amide bonds. The van der Waals surface area contributed by atoms with Gasteiger partial charge in [0.05, 0.1) is 0 Å². The zero-order valence-corrected chi connectivity index (χ0v) is 25.0. The van der Waals surface area contributed by atoms with Crippen molar-refractivity contribution in [1.82, 2.24) is 0 Å². The van der Waals surface area contributed by atoms with Crippen LogP contribution in [0.1, 0.15) is 36.1 Å². The number of hydrogen-bond acceptors (Lipinski definition) is 2. The Bertz CT molecular complexity index is 2160. The molecule has 0 radical (unpaired) electrons. The molecule has 1 aliphatic carbocycles. The van der Waals surface area contributed by atoms with Gasteiger partial charge in [-0.25, -0.2) is 0 Å². The zero-order chi connectivity index (χ0) is 29.3. The van der Waals surface area contributed by atoms with Crippen LogP contribution in [-0.4, -0.2) is 0 Å². The summed E-state index contributed by atoms with van der Waals surface area (Å²) in [5, 5.41) is 2.41. The molecule has 7 aromatic rings. The van der Waals surface area contributed by atoms with Crippen LogP contribution >= 0.6 is 0 Å². The molecule has 0 unspecified atom stereocenters. The largest absolute Gasteiger partial charge is 0.456 e. The molecule has 0 atom stereocenters. The van der Waals surface area contributed by atoms with E-state index in [0.717, 1.165) is 39.4 Å². The van der Waals surface area contributed by atoms with E-state index in [1.54, 1.807) is 0 Å². The standard InChI is InChI=1S/C41H33NO/c1-26-21-27(2)23-32(22-26)42(30-12-6-5-7-13-30)31-14-10-11-28(24-31)29-17-18-35-38(25-29)43-37-20-19-34-33-15-8-9-16-36(33)41(3,4)40(34)39(35)37/h5-25H,1-4H3. The maximum absolute atomic E-state index is 6.56. The minimum atomic E-state index is -0.0930. The van der Waals surface area contributed by atoms with Crippen molar-refractivity contribution in [2.45, 2.75) is 33.1 Å². The molecule has 2 nitrogen and oxygen atoms in total. The molecule has 0 fully saturated rings. The van der Waals surface area contributed by atoms with Gasteiger partial charge in [0.2, 0.25) is 0 Å². The summed E-state index contributed by atoms with van der Waals surface area (Å²) in [6, 6.07) is 46.1. The molecule has 0 N–H and O–H groups in total. The van der Waals surface area contributed by atoms with Crippen LogP contribution in [0, 0.1) is 13.8 Å². The van der Waals surface area contributed by atoms with E-state index in [4.69, 9.17) is 4.42 Å². The number of fused-ring (bicyclic) bond motifs is 7. The Kier molecular flexibility index (Phi) is 5.64. The highest BCUT2D eigenvalue weighted by molar-refractivity contribution is 6.11. The lowest BCUT2D eigenvalue weighted by molar-refractivity contribution is 0.657. The molecule has 0 saturated carbocycles. The van der Waals surface area contributed by atoms with Gasteiger partial charge in [0, 0.05) is 33.2 Å². The van der Waals surface area contributed by atoms with Crippen molar-refractivity contribution < 1.29 is 4.42 Å². The summed E-state index contributed by atoms with van der Waals surface area (Å²) >= 11 is 0. The molecule has 1 heterocycles. The summed E-state index contributed by atoms with van der Waals surface area (Å²) in [6.45, 7) is 9.00. The molecule has 2 heteroatoms. The van der Waals surface area contributed by atoms with Crippen LogP contribution in [0.5, 0.6) is 0 Å². The number of anilines is 3. The van der Waals surface area contributed by atoms with Gasteiger partial charge in [0.1, 0.15) is 11.2 Å². The number of para-hydroxylation sites is 1. The minimum Gasteiger partial charge on any atom is -0.456 e. The molecule has 0 bridgehead atoms. The van der Waals surface area contributed by atoms with E-state index in [0.29, 0.717) is 0 Å². The first kappa shape index (κ1) is 25.6. The Morgan fingerprint density at radius 2 is 1.26 bits per heavy atom. The third kappa shape index (κ3) is 4.01. The fraction of sp³-hybridized carbons (Fsp3) is 0.122. The maximum Gasteiger partial charge on any atom is 0.136 e. The molecular formula is C41H33NO. The zero-order valence-electron chi connectivity index (χ0n) is 25.0. The van der Waals surface area contributed by atoms with Crippen molar-refractivity contribution in [3.63, 3.8) is 0 Å². The molecule has 0 spiro atoms. The van der Waals surface area contributed by atoms with Crippen LogP contribution in [0.2, 0.25) is 0 Å². The van der Waals surface area contributed by atoms with Crippen LogP contribution in [0.15, 0.2) is 132 Å². The van der Waals surface area contributed by atoms with Gasteiger partial charge in [0.15, 0.2) is 0 Å². The molecule has 0 aliphatic heterocycles. The Morgan fingerprint density at radius 3 is 2.07 bits per heavy atom. The van der Waals surface area contributed by atoms with Crippen molar-refractivity contribution in [3.8, 4) is 22.3 Å². The first-order chi connectivity index (χ1) is 20.9. The second-order valence-corrected chi connectivity index (χ2v) is 12.4. The second kappa shape index (κ2) is 9.47. The van der Waals surface area contributed by atoms with E-state index in [1.807, 2.05) is 0 Å². The van der Waals surface area contributed by atoms with Crippen LogP contribution in [0.25, 0.3) is 44.2 Å². The van der Waals surface area contributed by atoms with Gasteiger partial charge in [-0.3, -0.25) is 0 Å². The number of furan rings is 1. The first-order valence-electron chi connectivity index (χ1n) is 15.0. The van der Waals surface area contributed by atoms with Crippen LogP contribution < -0.4 is 4.90 Å². The van der Waals surface area contributed by atoms with Crippen molar-refractivity contribution >= 4 is 39.0 Å². The molecule has 0 saturated heterocycles. The van der Waals surface area contributed by atoms with Crippen LogP contribution in [0.3, 0.4) is 0 Å². The molecule has 1 aromatic heterocycles. The van der Waals surface area contributed by atoms with Crippen molar-refractivity contribution in [2.24, 2.45) is 0 Å². The van der Waals surface area contributed by atoms with E-state index in [2.05, 4.69) is 160 Å². The van der Waals surface area contributed by atoms with Gasteiger partial charge in [-0.1, -0.05) is 86.6 Å². The number of hydrogen-bond donors (Lipinski definition) is 0. The summed E-state index contributed by atoms with van der Waals surface area (Å²) in [7, 11) is 0. The highest BCUT2D eigenvalue weighted by Crippen LogP contribution is 2.53. The SMILES string of the molecule is Cc1cc(C)cc(N(c2ccccc2)c2cccc(-c3ccc4c(c3)oc3ccc5c(c34)C(C)(C)c3ccccc3-5)c2)c1. The fourth-order valence-electron chi connectivity index (χ4n) is 7.25. The average Bonchev–Trinajstić information content (AvgIpc) is 3.49. The van der Waals surface area contributed by atoms with Crippen molar-refractivity contribution in [3.05, 3.63) is 150 Å². The molecule has 8 rings (SSSR count). The Morgan fingerprint density at radius 1 is 0.535 bits per heavy atom. The summed E-state index contributed by atoms with van der Waals surface area (Å²) in [6.07, 6.45) is 0.